The molecule has 1 unspecified atom stereocenters. The highest BCUT2D eigenvalue weighted by atomic mass is 16.2. The van der Waals surface area contributed by atoms with Gasteiger partial charge < -0.3 is 21.7 Å². The topological polar surface area (TPSA) is 134 Å². The van der Waals surface area contributed by atoms with E-state index in [1.807, 2.05) is 6.92 Å². The molecule has 1 saturated heterocycles. The number of urea groups is 1. The molecule has 0 spiro atoms. The molecule has 1 aliphatic heterocycles. The van der Waals surface area contributed by atoms with Gasteiger partial charge in [-0.1, -0.05) is 13.3 Å². The minimum atomic E-state index is -0.551. The first-order chi connectivity index (χ1) is 12.4. The molecule has 0 bridgehead atoms. The molecular formula is C17H23N5O4. The van der Waals surface area contributed by atoms with E-state index in [2.05, 4.69) is 16.0 Å². The maximum absolute atomic E-state index is 11.9. The Labute approximate surface area is 151 Å². The smallest absolute Gasteiger partial charge is 0.324 e. The molecular weight excluding hydrogens is 338 g/mol. The highest BCUT2D eigenvalue weighted by Crippen LogP contribution is 2.14. The van der Waals surface area contributed by atoms with Gasteiger partial charge in [0.1, 0.15) is 0 Å². The summed E-state index contributed by atoms with van der Waals surface area (Å²) in [5, 5.41) is 7.78. The lowest BCUT2D eigenvalue weighted by atomic mass is 10.1. The van der Waals surface area contributed by atoms with E-state index in [-0.39, 0.29) is 37.2 Å². The van der Waals surface area contributed by atoms with Gasteiger partial charge in [-0.2, -0.15) is 0 Å². The average Bonchev–Trinajstić information content (AvgIpc) is 2.93. The summed E-state index contributed by atoms with van der Waals surface area (Å²) in [6.45, 7) is 1.95. The van der Waals surface area contributed by atoms with Gasteiger partial charge in [0.05, 0.1) is 12.6 Å². The van der Waals surface area contributed by atoms with Crippen molar-refractivity contribution in [2.24, 2.45) is 5.73 Å². The Bertz CT molecular complexity index is 673. The first-order valence-corrected chi connectivity index (χ1v) is 8.45. The third-order valence-electron chi connectivity index (χ3n) is 3.87. The molecule has 1 aromatic carbocycles. The van der Waals surface area contributed by atoms with Crippen LogP contribution in [0.25, 0.3) is 0 Å². The Hall–Kier alpha value is -2.94. The first kappa shape index (κ1) is 19.4. The SMILES string of the molecule is CCCC(N)C(=O)Nc1ccc(NC(=O)CCN2C(=O)CNC2=O)cc1. The average molecular weight is 361 g/mol. The van der Waals surface area contributed by atoms with Crippen molar-refractivity contribution in [1.29, 1.82) is 0 Å². The first-order valence-electron chi connectivity index (χ1n) is 8.45. The number of imide groups is 1. The zero-order valence-electron chi connectivity index (χ0n) is 14.6. The molecule has 2 rings (SSSR count). The second-order valence-corrected chi connectivity index (χ2v) is 5.96. The second-order valence-electron chi connectivity index (χ2n) is 5.96. The van der Waals surface area contributed by atoms with Crippen molar-refractivity contribution in [3.8, 4) is 0 Å². The summed E-state index contributed by atoms with van der Waals surface area (Å²) in [7, 11) is 0. The summed E-state index contributed by atoms with van der Waals surface area (Å²) in [5.74, 6) is -0.916. The van der Waals surface area contributed by atoms with Gasteiger partial charge in [0.25, 0.3) is 0 Å². The van der Waals surface area contributed by atoms with Gasteiger partial charge in [0, 0.05) is 24.3 Å². The zero-order valence-corrected chi connectivity index (χ0v) is 14.6. The van der Waals surface area contributed by atoms with Gasteiger partial charge in [-0.25, -0.2) is 4.79 Å². The number of nitrogens with zero attached hydrogens (tertiary/aromatic N) is 1. The van der Waals surface area contributed by atoms with Crippen LogP contribution >= 0.6 is 0 Å². The molecule has 5 N–H and O–H groups in total. The van der Waals surface area contributed by atoms with Gasteiger partial charge in [0.15, 0.2) is 0 Å². The second kappa shape index (κ2) is 8.95. The minimum absolute atomic E-state index is 0.00349. The Kier molecular flexibility index (Phi) is 6.67. The van der Waals surface area contributed by atoms with E-state index in [9.17, 15) is 19.2 Å². The van der Waals surface area contributed by atoms with Crippen LogP contribution in [0, 0.1) is 0 Å². The van der Waals surface area contributed by atoms with Crippen LogP contribution in [0.5, 0.6) is 0 Å². The van der Waals surface area contributed by atoms with Gasteiger partial charge in [0.2, 0.25) is 17.7 Å². The van der Waals surface area contributed by atoms with Crippen LogP contribution < -0.4 is 21.7 Å². The summed E-state index contributed by atoms with van der Waals surface area (Å²) < 4.78 is 0. The fourth-order valence-corrected chi connectivity index (χ4v) is 2.43. The monoisotopic (exact) mass is 361 g/mol. The van der Waals surface area contributed by atoms with E-state index < -0.39 is 12.1 Å². The molecule has 0 saturated carbocycles. The molecule has 140 valence electrons. The van der Waals surface area contributed by atoms with Crippen molar-refractivity contribution < 1.29 is 19.2 Å². The molecule has 1 aromatic rings. The van der Waals surface area contributed by atoms with E-state index in [4.69, 9.17) is 5.73 Å². The third-order valence-corrected chi connectivity index (χ3v) is 3.87. The molecule has 9 nitrogen and oxygen atoms in total. The Morgan fingerprint density at radius 1 is 1.19 bits per heavy atom. The molecule has 0 aliphatic carbocycles. The zero-order chi connectivity index (χ0) is 19.1. The van der Waals surface area contributed by atoms with Crippen LogP contribution in [-0.4, -0.2) is 47.8 Å². The quantitative estimate of drug-likeness (QED) is 0.504. The summed E-state index contributed by atoms with van der Waals surface area (Å²) in [6.07, 6.45) is 1.44. The molecule has 1 atom stereocenters. The normalized spacial score (nSPS) is 14.8. The maximum Gasteiger partial charge on any atom is 0.324 e. The van der Waals surface area contributed by atoms with Gasteiger partial charge in [-0.15, -0.1) is 0 Å². The molecule has 26 heavy (non-hydrogen) atoms. The summed E-state index contributed by atoms with van der Waals surface area (Å²) >= 11 is 0. The lowest BCUT2D eigenvalue weighted by Gasteiger charge is -2.13. The Morgan fingerprint density at radius 3 is 2.35 bits per heavy atom. The number of carbonyl (C=O) groups excluding carboxylic acids is 4. The largest absolute Gasteiger partial charge is 0.329 e. The molecule has 1 fully saturated rings. The number of rotatable bonds is 8. The minimum Gasteiger partial charge on any atom is -0.329 e. The van der Waals surface area contributed by atoms with Crippen LogP contribution in [0.2, 0.25) is 0 Å². The number of carbonyl (C=O) groups is 4. The van der Waals surface area contributed by atoms with E-state index in [1.54, 1.807) is 24.3 Å². The fraction of sp³-hybridized carbons (Fsp3) is 0.412. The lowest BCUT2D eigenvalue weighted by molar-refractivity contribution is -0.125. The number of amides is 5. The number of nitrogens with two attached hydrogens (primary N) is 1. The highest BCUT2D eigenvalue weighted by Gasteiger charge is 2.28. The number of hydrogen-bond acceptors (Lipinski definition) is 5. The van der Waals surface area contributed by atoms with Gasteiger partial charge >= 0.3 is 6.03 Å². The number of benzene rings is 1. The fourth-order valence-electron chi connectivity index (χ4n) is 2.43. The van der Waals surface area contributed by atoms with Crippen molar-refractivity contribution in [1.82, 2.24) is 10.2 Å². The van der Waals surface area contributed by atoms with E-state index in [1.165, 1.54) is 0 Å². The van der Waals surface area contributed by atoms with Gasteiger partial charge in [-0.05, 0) is 30.7 Å². The third kappa shape index (κ3) is 5.28. The molecule has 0 aromatic heterocycles. The van der Waals surface area contributed by atoms with Crippen molar-refractivity contribution in [3.63, 3.8) is 0 Å². The summed E-state index contributed by atoms with van der Waals surface area (Å²) in [4.78, 5) is 47.6. The standard InChI is InChI=1S/C17H23N5O4/c1-2-3-13(18)16(25)21-12-6-4-11(5-7-12)20-14(23)8-9-22-15(24)10-19-17(22)26/h4-7,13H,2-3,8-10,18H2,1H3,(H,19,26)(H,20,23)(H,21,25). The van der Waals surface area contributed by atoms with E-state index in [0.29, 0.717) is 17.8 Å². The van der Waals surface area contributed by atoms with Crippen LogP contribution in [-0.2, 0) is 14.4 Å². The predicted molar refractivity (Wildman–Crippen MR) is 96.3 cm³/mol. The number of nitrogens with one attached hydrogen (secondary N) is 3. The summed E-state index contributed by atoms with van der Waals surface area (Å²) in [5.41, 5.74) is 6.88. The number of hydrogen-bond donors (Lipinski definition) is 4. The van der Waals surface area contributed by atoms with Crippen LogP contribution in [0.1, 0.15) is 26.2 Å². The summed E-state index contributed by atoms with van der Waals surface area (Å²) in [6, 6.07) is 5.57. The highest BCUT2D eigenvalue weighted by molar-refractivity contribution is 6.02. The molecule has 1 aliphatic rings. The molecule has 5 amide bonds. The van der Waals surface area contributed by atoms with Crippen molar-refractivity contribution >= 4 is 35.1 Å². The lowest BCUT2D eigenvalue weighted by Crippen LogP contribution is -2.35. The Morgan fingerprint density at radius 2 is 1.81 bits per heavy atom. The van der Waals surface area contributed by atoms with Crippen LogP contribution in [0.4, 0.5) is 16.2 Å². The van der Waals surface area contributed by atoms with Crippen molar-refractivity contribution in [2.45, 2.75) is 32.2 Å². The molecule has 0 radical (unpaired) electrons. The molecule has 1 heterocycles. The van der Waals surface area contributed by atoms with Gasteiger partial charge in [-0.3, -0.25) is 19.3 Å². The van der Waals surface area contributed by atoms with E-state index in [0.717, 1.165) is 11.3 Å². The predicted octanol–water partition coefficient (Wildman–Crippen LogP) is 0.633. The maximum atomic E-state index is 11.9. The molecule has 9 heteroatoms. The van der Waals surface area contributed by atoms with E-state index >= 15 is 0 Å². The number of anilines is 2. The van der Waals surface area contributed by atoms with Crippen molar-refractivity contribution in [3.05, 3.63) is 24.3 Å². The Balaban J connectivity index is 1.81. The van der Waals surface area contributed by atoms with Crippen LogP contribution in [0.15, 0.2) is 24.3 Å². The van der Waals surface area contributed by atoms with Crippen LogP contribution in [0.3, 0.4) is 0 Å². The van der Waals surface area contributed by atoms with Crippen molar-refractivity contribution in [2.75, 3.05) is 23.7 Å².